The Kier molecular flexibility index (Phi) is 5.17. The van der Waals surface area contributed by atoms with Gasteiger partial charge in [0.25, 0.3) is 0 Å². The van der Waals surface area contributed by atoms with Crippen molar-refractivity contribution < 1.29 is 4.79 Å². The average Bonchev–Trinajstić information content (AvgIpc) is 3.20. The largest absolute Gasteiger partial charge is 0.347 e. The van der Waals surface area contributed by atoms with E-state index in [-0.39, 0.29) is 11.4 Å². The normalized spacial score (nSPS) is 14.5. The number of aromatic nitrogens is 3. The molecule has 1 amide bonds. The molecule has 5 nitrogen and oxygen atoms in total. The molecule has 1 saturated carbocycles. The molecule has 164 valence electrons. The fourth-order valence-electron chi connectivity index (χ4n) is 4.67. The molecule has 1 N–H and O–H groups in total. The summed E-state index contributed by atoms with van der Waals surface area (Å²) in [5, 5.41) is 7.94. The van der Waals surface area contributed by atoms with E-state index in [2.05, 4.69) is 54.9 Å². The van der Waals surface area contributed by atoms with Crippen LogP contribution in [0.2, 0.25) is 0 Å². The Morgan fingerprint density at radius 3 is 2.33 bits per heavy atom. The Hall–Kier alpha value is -3.99. The van der Waals surface area contributed by atoms with Crippen LogP contribution in [-0.4, -0.2) is 20.5 Å². The monoisotopic (exact) mass is 434 g/mol. The second-order valence-corrected chi connectivity index (χ2v) is 8.54. The lowest BCUT2D eigenvalue weighted by Gasteiger charge is -2.43. The van der Waals surface area contributed by atoms with Crippen molar-refractivity contribution in [2.24, 2.45) is 0 Å². The molecule has 5 rings (SSSR count). The van der Waals surface area contributed by atoms with Gasteiger partial charge in [0.2, 0.25) is 5.91 Å². The van der Waals surface area contributed by atoms with Gasteiger partial charge in [0.15, 0.2) is 5.65 Å². The van der Waals surface area contributed by atoms with Gasteiger partial charge in [-0.2, -0.15) is 5.10 Å². The molecular weight excluding hydrogens is 408 g/mol. The van der Waals surface area contributed by atoms with Gasteiger partial charge in [-0.3, -0.25) is 4.79 Å². The molecule has 0 unspecified atom stereocenters. The van der Waals surface area contributed by atoms with Crippen molar-refractivity contribution in [1.29, 1.82) is 0 Å². The minimum absolute atomic E-state index is 0.00606. The van der Waals surface area contributed by atoms with E-state index in [9.17, 15) is 4.79 Å². The zero-order valence-electron chi connectivity index (χ0n) is 18.7. The highest BCUT2D eigenvalue weighted by Crippen LogP contribution is 2.42. The van der Waals surface area contributed by atoms with Gasteiger partial charge in [0, 0.05) is 23.6 Å². The summed E-state index contributed by atoms with van der Waals surface area (Å²) in [7, 11) is 0. The first-order chi connectivity index (χ1) is 16.0. The number of nitrogens with one attached hydrogen (secondary N) is 1. The number of carbonyl (C=O) groups is 1. The fourth-order valence-corrected chi connectivity index (χ4v) is 4.67. The van der Waals surface area contributed by atoms with E-state index >= 15 is 0 Å². The number of hydrogen-bond acceptors (Lipinski definition) is 3. The standard InChI is InChI=1S/C28H26N4O/c1-4-20-18-24(5-2)31-32-26(22-10-7-6-8-11-22)25(29-27(20)32)21-12-14-23(15-13-21)28(16-9-17-28)30-19(3)33/h4-8,10-15,18H,1-2,9,16-17H2,3H3,(H,30,33). The molecule has 2 heterocycles. The highest BCUT2D eigenvalue weighted by atomic mass is 16.1. The van der Waals surface area contributed by atoms with Crippen molar-refractivity contribution in [3.63, 3.8) is 0 Å². The minimum atomic E-state index is -0.248. The number of fused-ring (bicyclic) bond motifs is 1. The van der Waals surface area contributed by atoms with Crippen LogP contribution < -0.4 is 5.32 Å². The van der Waals surface area contributed by atoms with Crippen LogP contribution in [0, 0.1) is 0 Å². The van der Waals surface area contributed by atoms with E-state index in [1.165, 1.54) is 0 Å². The molecule has 0 spiro atoms. The number of imidazole rings is 1. The van der Waals surface area contributed by atoms with E-state index in [0.717, 1.165) is 64.2 Å². The average molecular weight is 435 g/mol. The Morgan fingerprint density at radius 2 is 1.76 bits per heavy atom. The molecule has 2 aromatic carbocycles. The molecule has 0 saturated heterocycles. The highest BCUT2D eigenvalue weighted by molar-refractivity contribution is 5.84. The van der Waals surface area contributed by atoms with Crippen molar-refractivity contribution in [2.75, 3.05) is 0 Å². The van der Waals surface area contributed by atoms with Gasteiger partial charge in [-0.1, -0.05) is 73.8 Å². The van der Waals surface area contributed by atoms with Gasteiger partial charge < -0.3 is 5.32 Å². The third kappa shape index (κ3) is 3.55. The van der Waals surface area contributed by atoms with Crippen molar-refractivity contribution in [3.8, 4) is 22.5 Å². The SMILES string of the molecule is C=Cc1cc(C=C)c2nc(-c3ccc(C4(NC(C)=O)CCC4)cc3)c(-c3ccccc3)n2n1. The second kappa shape index (κ2) is 8.17. The summed E-state index contributed by atoms with van der Waals surface area (Å²) < 4.78 is 1.89. The molecular formula is C28H26N4O. The van der Waals surface area contributed by atoms with Gasteiger partial charge in [-0.25, -0.2) is 9.50 Å². The predicted molar refractivity (Wildman–Crippen MR) is 133 cm³/mol. The summed E-state index contributed by atoms with van der Waals surface area (Å²) in [5.41, 5.74) is 7.10. The zero-order chi connectivity index (χ0) is 23.0. The number of hydrogen-bond donors (Lipinski definition) is 1. The Labute approximate surface area is 193 Å². The first-order valence-electron chi connectivity index (χ1n) is 11.2. The molecule has 33 heavy (non-hydrogen) atoms. The maximum atomic E-state index is 11.8. The number of amides is 1. The van der Waals surface area contributed by atoms with Crippen LogP contribution in [0.1, 0.15) is 43.0 Å². The van der Waals surface area contributed by atoms with Gasteiger partial charge in [-0.15, -0.1) is 0 Å². The second-order valence-electron chi connectivity index (χ2n) is 8.54. The molecule has 1 aliphatic rings. The summed E-state index contributed by atoms with van der Waals surface area (Å²) in [6.45, 7) is 9.44. The quantitative estimate of drug-likeness (QED) is 0.413. The molecule has 1 aliphatic carbocycles. The zero-order valence-corrected chi connectivity index (χ0v) is 18.7. The van der Waals surface area contributed by atoms with Gasteiger partial charge in [0.1, 0.15) is 5.69 Å². The highest BCUT2D eigenvalue weighted by Gasteiger charge is 2.39. The summed E-state index contributed by atoms with van der Waals surface area (Å²) in [5.74, 6) is 0.00606. The first kappa shape index (κ1) is 20.9. The van der Waals surface area contributed by atoms with E-state index in [1.54, 1.807) is 19.1 Å². The third-order valence-electron chi connectivity index (χ3n) is 6.44. The topological polar surface area (TPSA) is 59.3 Å². The van der Waals surface area contributed by atoms with E-state index < -0.39 is 0 Å². The van der Waals surface area contributed by atoms with Crippen molar-refractivity contribution >= 4 is 23.7 Å². The maximum absolute atomic E-state index is 11.8. The summed E-state index contributed by atoms with van der Waals surface area (Å²) >= 11 is 0. The predicted octanol–water partition coefficient (Wildman–Crippen LogP) is 5.86. The molecule has 4 aromatic rings. The first-order valence-corrected chi connectivity index (χ1v) is 11.2. The van der Waals surface area contributed by atoms with Crippen molar-refractivity contribution in [1.82, 2.24) is 19.9 Å². The van der Waals surface area contributed by atoms with Crippen LogP contribution in [0.3, 0.4) is 0 Å². The van der Waals surface area contributed by atoms with Gasteiger partial charge >= 0.3 is 0 Å². The molecule has 0 bridgehead atoms. The van der Waals surface area contributed by atoms with Crippen LogP contribution in [0.5, 0.6) is 0 Å². The van der Waals surface area contributed by atoms with Crippen molar-refractivity contribution in [2.45, 2.75) is 31.7 Å². The smallest absolute Gasteiger partial charge is 0.217 e. The van der Waals surface area contributed by atoms with Gasteiger partial charge in [-0.05, 0) is 37.0 Å². The molecule has 2 aromatic heterocycles. The van der Waals surface area contributed by atoms with Crippen LogP contribution in [0.4, 0.5) is 0 Å². The lowest BCUT2D eigenvalue weighted by atomic mass is 9.71. The minimum Gasteiger partial charge on any atom is -0.347 e. The van der Waals surface area contributed by atoms with E-state index in [0.29, 0.717) is 0 Å². The molecule has 5 heteroatoms. The van der Waals surface area contributed by atoms with Crippen LogP contribution in [-0.2, 0) is 10.3 Å². The number of benzene rings is 2. The van der Waals surface area contributed by atoms with E-state index in [1.807, 2.05) is 28.8 Å². The van der Waals surface area contributed by atoms with Crippen LogP contribution in [0.15, 0.2) is 73.8 Å². The van der Waals surface area contributed by atoms with Crippen LogP contribution >= 0.6 is 0 Å². The number of nitrogens with zero attached hydrogens (tertiary/aromatic N) is 3. The molecule has 0 aliphatic heterocycles. The Bertz CT molecular complexity index is 1360. The third-order valence-corrected chi connectivity index (χ3v) is 6.44. The van der Waals surface area contributed by atoms with Crippen LogP contribution in [0.25, 0.3) is 40.3 Å². The Morgan fingerprint density at radius 1 is 1.03 bits per heavy atom. The van der Waals surface area contributed by atoms with E-state index in [4.69, 9.17) is 10.1 Å². The Balaban J connectivity index is 1.69. The summed E-state index contributed by atoms with van der Waals surface area (Å²) in [4.78, 5) is 16.8. The fraction of sp³-hybridized carbons (Fsp3) is 0.179. The molecule has 1 fully saturated rings. The maximum Gasteiger partial charge on any atom is 0.217 e. The summed E-state index contributed by atoms with van der Waals surface area (Å²) in [6, 6.07) is 20.5. The van der Waals surface area contributed by atoms with Gasteiger partial charge in [0.05, 0.1) is 16.9 Å². The van der Waals surface area contributed by atoms with Crippen molar-refractivity contribution in [3.05, 3.63) is 90.6 Å². The summed E-state index contributed by atoms with van der Waals surface area (Å²) in [6.07, 6.45) is 6.58. The number of carbonyl (C=O) groups excluding carboxylic acids is 1. The molecule has 0 atom stereocenters. The molecule has 0 radical (unpaired) electrons. The lowest BCUT2D eigenvalue weighted by Crippen LogP contribution is -2.50. The lowest BCUT2D eigenvalue weighted by molar-refractivity contribution is -0.122. The number of rotatable bonds is 6.